The van der Waals surface area contributed by atoms with E-state index in [1.54, 1.807) is 31.2 Å². The summed E-state index contributed by atoms with van der Waals surface area (Å²) in [5, 5.41) is 15.4. The number of aromatic nitrogens is 1. The monoisotopic (exact) mass is 493 g/mol. The van der Waals surface area contributed by atoms with Crippen molar-refractivity contribution in [2.24, 2.45) is 0 Å². The van der Waals surface area contributed by atoms with Gasteiger partial charge in [0.25, 0.3) is 5.91 Å². The van der Waals surface area contributed by atoms with Gasteiger partial charge in [-0.1, -0.05) is 19.1 Å². The van der Waals surface area contributed by atoms with Crippen LogP contribution in [0.3, 0.4) is 0 Å². The number of carboxylic acids is 1. The third-order valence-corrected chi connectivity index (χ3v) is 5.85. The van der Waals surface area contributed by atoms with E-state index in [2.05, 4.69) is 15.6 Å². The lowest BCUT2D eigenvalue weighted by Gasteiger charge is -2.18. The number of nitrogens with zero attached hydrogens (tertiary/aromatic N) is 1. The summed E-state index contributed by atoms with van der Waals surface area (Å²) in [5.41, 5.74) is 2.40. The summed E-state index contributed by atoms with van der Waals surface area (Å²) in [4.78, 5) is 29.0. The second-order valence-electron chi connectivity index (χ2n) is 8.39. The highest BCUT2D eigenvalue weighted by Gasteiger charge is 2.22. The Labute approximate surface area is 208 Å². The molecule has 0 bridgehead atoms. The lowest BCUT2D eigenvalue weighted by Crippen LogP contribution is -2.42. The lowest BCUT2D eigenvalue weighted by atomic mass is 10.0. The molecule has 0 radical (unpaired) electrons. The lowest BCUT2D eigenvalue weighted by molar-refractivity contribution is -0.139. The van der Waals surface area contributed by atoms with E-state index in [0.717, 1.165) is 29.4 Å². The molecule has 0 spiro atoms. The molecule has 188 valence electrons. The fourth-order valence-electron chi connectivity index (χ4n) is 3.94. The summed E-state index contributed by atoms with van der Waals surface area (Å²) in [5.74, 6) is 0.00594. The summed E-state index contributed by atoms with van der Waals surface area (Å²) in [6.07, 6.45) is 1.17. The Morgan fingerprint density at radius 1 is 1.19 bits per heavy atom. The van der Waals surface area contributed by atoms with Crippen LogP contribution in [0.5, 0.6) is 11.5 Å². The molecule has 1 aromatic heterocycles. The first-order chi connectivity index (χ1) is 17.4. The number of carbonyl (C=O) groups excluding carboxylic acids is 1. The molecule has 1 amide bonds. The Kier molecular flexibility index (Phi) is 7.99. The van der Waals surface area contributed by atoms with Gasteiger partial charge in [-0.25, -0.2) is 14.2 Å². The average Bonchev–Trinajstić information content (AvgIpc) is 2.89. The number of carbonyl (C=O) groups is 2. The molecule has 0 aliphatic carbocycles. The molecule has 0 saturated carbocycles. The molecule has 0 unspecified atom stereocenters. The van der Waals surface area contributed by atoms with Crippen LogP contribution >= 0.6 is 0 Å². The average molecular weight is 494 g/mol. The molecule has 3 N–H and O–H groups in total. The van der Waals surface area contributed by atoms with Crippen molar-refractivity contribution in [3.05, 3.63) is 82.8 Å². The molecule has 1 aliphatic heterocycles. The quantitative estimate of drug-likeness (QED) is 0.396. The molecule has 2 heterocycles. The number of ether oxygens (including phenoxy) is 2. The number of hydrogen-bond acceptors (Lipinski definition) is 6. The van der Waals surface area contributed by atoms with Crippen molar-refractivity contribution in [1.82, 2.24) is 10.3 Å². The van der Waals surface area contributed by atoms with Crippen molar-refractivity contribution in [2.75, 3.05) is 25.1 Å². The first-order valence-electron chi connectivity index (χ1n) is 11.8. The number of hydrogen-bond donors (Lipinski definition) is 3. The van der Waals surface area contributed by atoms with E-state index >= 15 is 0 Å². The number of anilines is 1. The zero-order valence-corrected chi connectivity index (χ0v) is 19.9. The summed E-state index contributed by atoms with van der Waals surface area (Å²) >= 11 is 0. The van der Waals surface area contributed by atoms with Crippen molar-refractivity contribution in [3.63, 3.8) is 0 Å². The molecular formula is C27H28FN3O5. The van der Waals surface area contributed by atoms with Crippen LogP contribution in [0.4, 0.5) is 10.2 Å². The first-order valence-corrected chi connectivity index (χ1v) is 11.8. The van der Waals surface area contributed by atoms with Gasteiger partial charge in [-0.15, -0.1) is 0 Å². The second kappa shape index (κ2) is 11.5. The van der Waals surface area contributed by atoms with Crippen LogP contribution in [0.1, 0.15) is 34.1 Å². The third-order valence-electron chi connectivity index (χ3n) is 5.85. The number of pyridine rings is 1. The van der Waals surface area contributed by atoms with Gasteiger partial charge in [-0.3, -0.25) is 4.79 Å². The molecule has 1 aliphatic rings. The highest BCUT2D eigenvalue weighted by atomic mass is 19.1. The number of nitrogens with one attached hydrogen (secondary N) is 2. The predicted molar refractivity (Wildman–Crippen MR) is 132 cm³/mol. The van der Waals surface area contributed by atoms with E-state index in [4.69, 9.17) is 9.47 Å². The Morgan fingerprint density at radius 3 is 2.75 bits per heavy atom. The largest absolute Gasteiger partial charge is 0.493 e. The fraction of sp³-hybridized carbons (Fsp3) is 0.296. The number of carboxylic acid groups (broad SMARTS) is 1. The maximum Gasteiger partial charge on any atom is 0.326 e. The molecule has 1 atom stereocenters. The van der Waals surface area contributed by atoms with Crippen LogP contribution in [0.15, 0.2) is 54.6 Å². The van der Waals surface area contributed by atoms with Crippen molar-refractivity contribution >= 4 is 17.7 Å². The zero-order valence-electron chi connectivity index (χ0n) is 19.9. The highest BCUT2D eigenvalue weighted by molar-refractivity contribution is 5.97. The van der Waals surface area contributed by atoms with Crippen LogP contribution in [-0.2, 0) is 24.1 Å². The topological polar surface area (TPSA) is 110 Å². The van der Waals surface area contributed by atoms with Gasteiger partial charge in [0.15, 0.2) is 11.6 Å². The number of benzene rings is 2. The normalized spacial score (nSPS) is 13.1. The SMILES string of the molecule is CCc1cc(F)ccc1C(=O)N[C@@H](Cc1ccc(OCCc2ccc3c(n2)NCCO3)cc1)C(=O)O. The van der Waals surface area contributed by atoms with Gasteiger partial charge >= 0.3 is 5.97 Å². The predicted octanol–water partition coefficient (Wildman–Crippen LogP) is 3.63. The van der Waals surface area contributed by atoms with Crippen molar-refractivity contribution in [3.8, 4) is 11.5 Å². The molecule has 0 fully saturated rings. The molecule has 9 heteroatoms. The smallest absolute Gasteiger partial charge is 0.326 e. The standard InChI is InChI=1S/C27H28FN3O5/c1-2-18-16-19(28)5-9-22(18)26(32)31-23(27(33)34)15-17-3-7-21(8-4-17)35-13-11-20-6-10-24-25(30-20)29-12-14-36-24/h3-10,16,23H,2,11-15H2,1H3,(H,29,30)(H,31,32)(H,33,34)/t23-/m0/s1. The van der Waals surface area contributed by atoms with Crippen LogP contribution in [0.25, 0.3) is 0 Å². The van der Waals surface area contributed by atoms with E-state index in [0.29, 0.717) is 37.4 Å². The number of amides is 1. The molecular weight excluding hydrogens is 465 g/mol. The molecule has 36 heavy (non-hydrogen) atoms. The Bertz CT molecular complexity index is 1230. The van der Waals surface area contributed by atoms with Gasteiger partial charge in [0.1, 0.15) is 24.2 Å². The van der Waals surface area contributed by atoms with Gasteiger partial charge in [0.05, 0.1) is 13.2 Å². The van der Waals surface area contributed by atoms with Gasteiger partial charge < -0.3 is 25.2 Å². The van der Waals surface area contributed by atoms with Gasteiger partial charge in [-0.2, -0.15) is 0 Å². The van der Waals surface area contributed by atoms with Gasteiger partial charge in [-0.05, 0) is 60.0 Å². The van der Waals surface area contributed by atoms with Crippen molar-refractivity contribution in [1.29, 1.82) is 0 Å². The first kappa shape index (κ1) is 25.0. The Hall–Kier alpha value is -4.14. The molecule has 0 saturated heterocycles. The fourth-order valence-corrected chi connectivity index (χ4v) is 3.94. The maximum atomic E-state index is 13.5. The summed E-state index contributed by atoms with van der Waals surface area (Å²) < 4.78 is 24.8. The highest BCUT2D eigenvalue weighted by Crippen LogP contribution is 2.25. The second-order valence-corrected chi connectivity index (χ2v) is 8.39. The molecule has 3 aromatic rings. The van der Waals surface area contributed by atoms with E-state index in [9.17, 15) is 19.1 Å². The van der Waals surface area contributed by atoms with Crippen LogP contribution in [0, 0.1) is 5.82 Å². The third kappa shape index (κ3) is 6.29. The molecule has 2 aromatic carbocycles. The molecule has 4 rings (SSSR count). The van der Waals surface area contributed by atoms with E-state index in [-0.39, 0.29) is 12.0 Å². The van der Waals surface area contributed by atoms with Crippen LogP contribution < -0.4 is 20.1 Å². The maximum absolute atomic E-state index is 13.5. The number of aliphatic carboxylic acids is 1. The van der Waals surface area contributed by atoms with Gasteiger partial charge in [0, 0.05) is 24.1 Å². The minimum Gasteiger partial charge on any atom is -0.493 e. The number of fused-ring (bicyclic) bond motifs is 1. The minimum absolute atomic E-state index is 0.0954. The van der Waals surface area contributed by atoms with E-state index < -0.39 is 23.7 Å². The van der Waals surface area contributed by atoms with Crippen LogP contribution in [0.2, 0.25) is 0 Å². The van der Waals surface area contributed by atoms with Crippen molar-refractivity contribution < 1.29 is 28.6 Å². The Balaban J connectivity index is 1.31. The molecule has 8 nitrogen and oxygen atoms in total. The number of rotatable bonds is 10. The number of aryl methyl sites for hydroxylation is 1. The van der Waals surface area contributed by atoms with Crippen LogP contribution in [-0.4, -0.2) is 47.8 Å². The summed E-state index contributed by atoms with van der Waals surface area (Å²) in [6.45, 7) is 3.59. The van der Waals surface area contributed by atoms with Gasteiger partial charge in [0.2, 0.25) is 0 Å². The summed E-state index contributed by atoms with van der Waals surface area (Å²) in [6, 6.07) is 13.6. The summed E-state index contributed by atoms with van der Waals surface area (Å²) in [7, 11) is 0. The van der Waals surface area contributed by atoms with Crippen molar-refractivity contribution in [2.45, 2.75) is 32.2 Å². The Morgan fingerprint density at radius 2 is 2.00 bits per heavy atom. The minimum atomic E-state index is -1.15. The number of halogens is 1. The van der Waals surface area contributed by atoms with E-state index in [1.807, 2.05) is 12.1 Å². The van der Waals surface area contributed by atoms with E-state index in [1.165, 1.54) is 18.2 Å². The zero-order chi connectivity index (χ0) is 25.5.